The van der Waals surface area contributed by atoms with Gasteiger partial charge < -0.3 is 14.8 Å². The van der Waals surface area contributed by atoms with Crippen LogP contribution in [0.4, 0.5) is 0 Å². The highest BCUT2D eigenvalue weighted by atomic mass is 35.5. The lowest BCUT2D eigenvalue weighted by molar-refractivity contribution is -0.151. The monoisotopic (exact) mass is 475 g/mol. The smallest absolute Gasteiger partial charge is 0.144 e. The van der Waals surface area contributed by atoms with Gasteiger partial charge >= 0.3 is 0 Å². The maximum absolute atomic E-state index is 7.00. The summed E-state index contributed by atoms with van der Waals surface area (Å²) in [7, 11) is 0. The highest BCUT2D eigenvalue weighted by Crippen LogP contribution is 2.46. The van der Waals surface area contributed by atoms with Crippen molar-refractivity contribution in [3.8, 4) is 5.75 Å². The number of hydrogen-bond donors (Lipinski definition) is 1. The number of halogens is 1. The SMILES string of the molecule is CC1Oc2c(Cl)cccc2C(CCCC(c2ccccc2)c2ccccc2)OC12CCNCC2. The highest BCUT2D eigenvalue weighted by molar-refractivity contribution is 6.32. The van der Waals surface area contributed by atoms with E-state index < -0.39 is 0 Å². The lowest BCUT2D eigenvalue weighted by atomic mass is 9.85. The zero-order valence-electron chi connectivity index (χ0n) is 19.9. The quantitative estimate of drug-likeness (QED) is 0.405. The summed E-state index contributed by atoms with van der Waals surface area (Å²) in [5.41, 5.74) is 3.54. The molecule has 3 aromatic rings. The van der Waals surface area contributed by atoms with Crippen LogP contribution in [0.15, 0.2) is 78.9 Å². The molecule has 1 spiro atoms. The van der Waals surface area contributed by atoms with E-state index in [4.69, 9.17) is 21.1 Å². The van der Waals surface area contributed by atoms with Crippen LogP contribution in [0.3, 0.4) is 0 Å². The average molecular weight is 476 g/mol. The summed E-state index contributed by atoms with van der Waals surface area (Å²) in [6, 6.07) is 27.8. The third kappa shape index (κ3) is 4.88. The van der Waals surface area contributed by atoms with Gasteiger partial charge in [0, 0.05) is 11.5 Å². The summed E-state index contributed by atoms with van der Waals surface area (Å²) in [5, 5.41) is 4.15. The third-order valence-corrected chi connectivity index (χ3v) is 7.87. The van der Waals surface area contributed by atoms with Crippen LogP contribution in [-0.4, -0.2) is 24.8 Å². The maximum Gasteiger partial charge on any atom is 0.144 e. The van der Waals surface area contributed by atoms with E-state index in [1.807, 2.05) is 12.1 Å². The van der Waals surface area contributed by atoms with Gasteiger partial charge in [-0.3, -0.25) is 0 Å². The van der Waals surface area contributed by atoms with Gasteiger partial charge in [-0.2, -0.15) is 0 Å². The summed E-state index contributed by atoms with van der Waals surface area (Å²) in [5.74, 6) is 1.18. The second-order valence-corrected chi connectivity index (χ2v) is 10.1. The van der Waals surface area contributed by atoms with Crippen molar-refractivity contribution in [2.45, 2.75) is 62.8 Å². The molecule has 0 aliphatic carbocycles. The molecule has 0 bridgehead atoms. The van der Waals surface area contributed by atoms with Crippen LogP contribution in [0.1, 0.15) is 67.7 Å². The van der Waals surface area contributed by atoms with Gasteiger partial charge in [-0.05, 0) is 69.3 Å². The Morgan fingerprint density at radius 2 is 1.56 bits per heavy atom. The standard InChI is InChI=1S/C30H34ClNO2/c1-22-30(18-20-32-21-19-30)34-28(26-15-8-16-27(31)29(26)33-22)17-9-14-25(23-10-4-2-5-11-23)24-12-6-3-7-13-24/h2-8,10-13,15-16,22,25,28,32H,9,14,17-21H2,1H3. The van der Waals surface area contributed by atoms with Gasteiger partial charge in [-0.25, -0.2) is 0 Å². The predicted molar refractivity (Wildman–Crippen MR) is 139 cm³/mol. The Labute approximate surface area is 208 Å². The van der Waals surface area contributed by atoms with Crippen molar-refractivity contribution in [3.63, 3.8) is 0 Å². The Bertz CT molecular complexity index is 1030. The van der Waals surface area contributed by atoms with Crippen LogP contribution in [-0.2, 0) is 4.74 Å². The van der Waals surface area contributed by atoms with Gasteiger partial charge in [0.1, 0.15) is 17.5 Å². The van der Waals surface area contributed by atoms with Crippen molar-refractivity contribution in [2.75, 3.05) is 13.1 Å². The van der Waals surface area contributed by atoms with Crippen molar-refractivity contribution < 1.29 is 9.47 Å². The molecule has 0 radical (unpaired) electrons. The molecule has 1 fully saturated rings. The van der Waals surface area contributed by atoms with Crippen LogP contribution in [0.25, 0.3) is 0 Å². The first-order chi connectivity index (χ1) is 16.7. The van der Waals surface area contributed by atoms with Crippen molar-refractivity contribution in [2.24, 2.45) is 0 Å². The number of benzene rings is 3. The Hall–Kier alpha value is -2.33. The minimum atomic E-state index is -0.281. The molecule has 4 heteroatoms. The van der Waals surface area contributed by atoms with Gasteiger partial charge in [0.25, 0.3) is 0 Å². The number of piperidine rings is 1. The van der Waals surface area contributed by atoms with Gasteiger partial charge in [0.2, 0.25) is 0 Å². The molecule has 1 N–H and O–H groups in total. The third-order valence-electron chi connectivity index (χ3n) is 7.57. The minimum Gasteiger partial charge on any atom is -0.486 e. The number of hydrogen-bond acceptors (Lipinski definition) is 3. The van der Waals surface area contributed by atoms with Crippen molar-refractivity contribution in [3.05, 3.63) is 101 Å². The van der Waals surface area contributed by atoms with Crippen molar-refractivity contribution >= 4 is 11.6 Å². The second-order valence-electron chi connectivity index (χ2n) is 9.64. The van der Waals surface area contributed by atoms with E-state index in [2.05, 4.69) is 79.0 Å². The summed E-state index contributed by atoms with van der Waals surface area (Å²) in [6.07, 6.45) is 4.89. The Balaban J connectivity index is 1.39. The normalized spacial score (nSPS) is 21.6. The molecule has 1 saturated heterocycles. The summed E-state index contributed by atoms with van der Waals surface area (Å²) < 4.78 is 13.5. The fraction of sp³-hybridized carbons (Fsp3) is 0.400. The van der Waals surface area contributed by atoms with E-state index in [1.165, 1.54) is 11.1 Å². The molecule has 0 saturated carbocycles. The van der Waals surface area contributed by atoms with Gasteiger partial charge in [-0.1, -0.05) is 84.4 Å². The molecule has 178 valence electrons. The molecule has 3 nitrogen and oxygen atoms in total. The van der Waals surface area contributed by atoms with Crippen LogP contribution in [0.5, 0.6) is 5.75 Å². The summed E-state index contributed by atoms with van der Waals surface area (Å²) >= 11 is 6.62. The van der Waals surface area contributed by atoms with Crippen molar-refractivity contribution in [1.29, 1.82) is 0 Å². The fourth-order valence-electron chi connectivity index (χ4n) is 5.62. The van der Waals surface area contributed by atoms with E-state index in [9.17, 15) is 0 Å². The lowest BCUT2D eigenvalue weighted by Crippen LogP contribution is -2.52. The molecule has 3 aromatic carbocycles. The Morgan fingerprint density at radius 3 is 2.21 bits per heavy atom. The molecular formula is C30H34ClNO2. The van der Waals surface area contributed by atoms with Crippen LogP contribution < -0.4 is 10.1 Å². The van der Waals surface area contributed by atoms with E-state index in [0.29, 0.717) is 10.9 Å². The van der Waals surface area contributed by atoms with E-state index >= 15 is 0 Å². The number of fused-ring (bicyclic) bond motifs is 1. The Kier molecular flexibility index (Phi) is 7.24. The first kappa shape index (κ1) is 23.4. The number of ether oxygens (including phenoxy) is 2. The van der Waals surface area contributed by atoms with Crippen LogP contribution in [0, 0.1) is 0 Å². The number of para-hydroxylation sites is 1. The topological polar surface area (TPSA) is 30.5 Å². The van der Waals surface area contributed by atoms with Crippen LogP contribution in [0.2, 0.25) is 5.02 Å². The first-order valence-corrected chi connectivity index (χ1v) is 13.0. The average Bonchev–Trinajstić information content (AvgIpc) is 2.99. The molecule has 5 rings (SSSR count). The number of nitrogens with one attached hydrogen (secondary N) is 1. The molecule has 2 atom stereocenters. The lowest BCUT2D eigenvalue weighted by Gasteiger charge is -2.42. The van der Waals surface area contributed by atoms with Gasteiger partial charge in [0.05, 0.1) is 11.1 Å². The maximum atomic E-state index is 7.00. The number of rotatable bonds is 6. The van der Waals surface area contributed by atoms with E-state index in [-0.39, 0.29) is 17.8 Å². The van der Waals surface area contributed by atoms with E-state index in [0.717, 1.165) is 56.5 Å². The molecule has 34 heavy (non-hydrogen) atoms. The second kappa shape index (κ2) is 10.5. The minimum absolute atomic E-state index is 0.0241. The molecule has 2 heterocycles. The molecule has 2 aliphatic rings. The van der Waals surface area contributed by atoms with E-state index in [1.54, 1.807) is 0 Å². The Morgan fingerprint density at radius 1 is 0.912 bits per heavy atom. The predicted octanol–water partition coefficient (Wildman–Crippen LogP) is 7.30. The summed E-state index contributed by atoms with van der Waals surface area (Å²) in [4.78, 5) is 0. The largest absolute Gasteiger partial charge is 0.486 e. The van der Waals surface area contributed by atoms with Gasteiger partial charge in [-0.15, -0.1) is 0 Å². The molecule has 2 aliphatic heterocycles. The zero-order valence-corrected chi connectivity index (χ0v) is 20.6. The zero-order chi connectivity index (χ0) is 23.4. The fourth-order valence-corrected chi connectivity index (χ4v) is 5.85. The molecule has 0 amide bonds. The summed E-state index contributed by atoms with van der Waals surface area (Å²) in [6.45, 7) is 4.05. The van der Waals surface area contributed by atoms with Gasteiger partial charge in [0.15, 0.2) is 0 Å². The molecule has 0 aromatic heterocycles. The highest BCUT2D eigenvalue weighted by Gasteiger charge is 2.45. The van der Waals surface area contributed by atoms with Crippen LogP contribution >= 0.6 is 11.6 Å². The first-order valence-electron chi connectivity index (χ1n) is 12.6. The molecular weight excluding hydrogens is 442 g/mol. The molecule has 2 unspecified atom stereocenters. The van der Waals surface area contributed by atoms with Crippen molar-refractivity contribution in [1.82, 2.24) is 5.32 Å².